The molecule has 0 atom stereocenters. The fraction of sp³-hybridized carbons (Fsp3) is 0.571. The van der Waals surface area contributed by atoms with Crippen LogP contribution in [0.2, 0.25) is 0 Å². The third kappa shape index (κ3) is 4.44. The molecule has 0 bridgehead atoms. The molecule has 1 aliphatic rings. The van der Waals surface area contributed by atoms with Crippen molar-refractivity contribution in [2.24, 2.45) is 0 Å². The first-order chi connectivity index (χ1) is 9.07. The van der Waals surface area contributed by atoms with Gasteiger partial charge in [0.1, 0.15) is 5.75 Å². The minimum atomic E-state index is -2.77. The van der Waals surface area contributed by atoms with Crippen molar-refractivity contribution in [2.75, 3.05) is 13.2 Å². The molecule has 1 heterocycles. The topological polar surface area (TPSA) is 30.5 Å². The molecule has 106 valence electrons. The number of halogens is 2. The average Bonchev–Trinajstić information content (AvgIpc) is 2.38. The predicted molar refractivity (Wildman–Crippen MR) is 68.4 cm³/mol. The van der Waals surface area contributed by atoms with Gasteiger partial charge in [0.15, 0.2) is 0 Å². The SMILES string of the molecule is CC1(NCc2ccc(OC(F)F)cc2)CCOCC1. The van der Waals surface area contributed by atoms with Gasteiger partial charge in [0, 0.05) is 25.3 Å². The maximum atomic E-state index is 12.0. The lowest BCUT2D eigenvalue weighted by atomic mass is 9.92. The van der Waals surface area contributed by atoms with Crippen molar-refractivity contribution >= 4 is 0 Å². The second-order valence-corrected chi connectivity index (χ2v) is 5.05. The largest absolute Gasteiger partial charge is 0.435 e. The molecule has 3 nitrogen and oxygen atoms in total. The molecule has 19 heavy (non-hydrogen) atoms. The van der Waals surface area contributed by atoms with E-state index in [1.807, 2.05) is 0 Å². The molecule has 1 aromatic carbocycles. The summed E-state index contributed by atoms with van der Waals surface area (Å²) in [5.74, 6) is 0.191. The Kier molecular flexibility index (Phi) is 4.71. The van der Waals surface area contributed by atoms with Crippen molar-refractivity contribution in [3.8, 4) is 5.75 Å². The van der Waals surface area contributed by atoms with Crippen LogP contribution in [0, 0.1) is 0 Å². The molecule has 1 N–H and O–H groups in total. The molecular weight excluding hydrogens is 252 g/mol. The van der Waals surface area contributed by atoms with Gasteiger partial charge in [-0.2, -0.15) is 8.78 Å². The maximum Gasteiger partial charge on any atom is 0.387 e. The van der Waals surface area contributed by atoms with Crippen molar-refractivity contribution in [3.05, 3.63) is 29.8 Å². The van der Waals surface area contributed by atoms with E-state index in [1.54, 1.807) is 24.3 Å². The van der Waals surface area contributed by atoms with Crippen LogP contribution in [-0.2, 0) is 11.3 Å². The van der Waals surface area contributed by atoms with E-state index in [0.29, 0.717) is 6.54 Å². The summed E-state index contributed by atoms with van der Waals surface area (Å²) in [5.41, 5.74) is 1.14. The highest BCUT2D eigenvalue weighted by Gasteiger charge is 2.26. The van der Waals surface area contributed by atoms with Crippen LogP contribution in [0.5, 0.6) is 5.75 Å². The fourth-order valence-electron chi connectivity index (χ4n) is 2.10. The van der Waals surface area contributed by atoms with Crippen molar-refractivity contribution in [2.45, 2.75) is 38.5 Å². The zero-order chi connectivity index (χ0) is 13.7. The minimum Gasteiger partial charge on any atom is -0.435 e. The zero-order valence-electron chi connectivity index (χ0n) is 11.0. The standard InChI is InChI=1S/C14H19F2NO2/c1-14(6-8-18-9-7-14)17-10-11-2-4-12(5-3-11)19-13(15)16/h2-5,13,17H,6-10H2,1H3. The number of hydrogen-bond acceptors (Lipinski definition) is 3. The van der Waals surface area contributed by atoms with Gasteiger partial charge in [-0.3, -0.25) is 0 Å². The van der Waals surface area contributed by atoms with Crippen LogP contribution in [0.15, 0.2) is 24.3 Å². The summed E-state index contributed by atoms with van der Waals surface area (Å²) in [6.45, 7) is 1.69. The van der Waals surface area contributed by atoms with E-state index in [-0.39, 0.29) is 11.3 Å². The molecule has 1 saturated heterocycles. The number of ether oxygens (including phenoxy) is 2. The van der Waals surface area contributed by atoms with Crippen molar-refractivity contribution < 1.29 is 18.3 Å². The summed E-state index contributed by atoms with van der Waals surface area (Å²) in [6.07, 6.45) is 1.97. The molecule has 0 spiro atoms. The van der Waals surface area contributed by atoms with Gasteiger partial charge in [0.25, 0.3) is 0 Å². The highest BCUT2D eigenvalue weighted by atomic mass is 19.3. The highest BCUT2D eigenvalue weighted by molar-refractivity contribution is 5.27. The summed E-state index contributed by atoms with van der Waals surface area (Å²) in [5, 5.41) is 3.51. The normalized spacial score (nSPS) is 18.5. The summed E-state index contributed by atoms with van der Waals surface area (Å²) in [6, 6.07) is 6.73. The molecule has 2 rings (SSSR count). The Morgan fingerprint density at radius 1 is 1.26 bits per heavy atom. The molecule has 1 aromatic rings. The van der Waals surface area contributed by atoms with Crippen LogP contribution < -0.4 is 10.1 Å². The summed E-state index contributed by atoms with van der Waals surface area (Å²) in [7, 11) is 0. The molecule has 0 radical (unpaired) electrons. The van der Waals surface area contributed by atoms with E-state index < -0.39 is 6.61 Å². The molecule has 1 aliphatic heterocycles. The second-order valence-electron chi connectivity index (χ2n) is 5.05. The Morgan fingerprint density at radius 2 is 1.89 bits per heavy atom. The number of alkyl halides is 2. The molecule has 0 aromatic heterocycles. The van der Waals surface area contributed by atoms with Crippen molar-refractivity contribution in [1.82, 2.24) is 5.32 Å². The van der Waals surface area contributed by atoms with Crippen molar-refractivity contribution in [1.29, 1.82) is 0 Å². The summed E-state index contributed by atoms with van der Waals surface area (Å²) >= 11 is 0. The highest BCUT2D eigenvalue weighted by Crippen LogP contribution is 2.21. The van der Waals surface area contributed by atoms with E-state index >= 15 is 0 Å². The molecule has 0 unspecified atom stereocenters. The van der Waals surface area contributed by atoms with E-state index in [0.717, 1.165) is 31.6 Å². The third-order valence-corrected chi connectivity index (χ3v) is 3.46. The Balaban J connectivity index is 1.85. The van der Waals surface area contributed by atoms with Crippen molar-refractivity contribution in [3.63, 3.8) is 0 Å². The Labute approximate surface area is 111 Å². The van der Waals surface area contributed by atoms with Crippen LogP contribution >= 0.6 is 0 Å². The number of benzene rings is 1. The van der Waals surface area contributed by atoms with Gasteiger partial charge in [0.05, 0.1) is 0 Å². The molecule has 0 aliphatic carbocycles. The summed E-state index contributed by atoms with van der Waals surface area (Å²) in [4.78, 5) is 0. The van der Waals surface area contributed by atoms with Crippen LogP contribution in [0.3, 0.4) is 0 Å². The lowest BCUT2D eigenvalue weighted by molar-refractivity contribution is -0.0498. The van der Waals surface area contributed by atoms with E-state index in [2.05, 4.69) is 17.0 Å². The van der Waals surface area contributed by atoms with Crippen LogP contribution in [0.4, 0.5) is 8.78 Å². The van der Waals surface area contributed by atoms with Gasteiger partial charge < -0.3 is 14.8 Å². The Morgan fingerprint density at radius 3 is 2.47 bits per heavy atom. The smallest absolute Gasteiger partial charge is 0.387 e. The second kappa shape index (κ2) is 6.30. The number of hydrogen-bond donors (Lipinski definition) is 1. The quantitative estimate of drug-likeness (QED) is 0.893. The monoisotopic (exact) mass is 271 g/mol. The Bertz CT molecular complexity index is 389. The van der Waals surface area contributed by atoms with Crippen LogP contribution in [-0.4, -0.2) is 25.4 Å². The van der Waals surface area contributed by atoms with E-state index in [1.165, 1.54) is 0 Å². The molecular formula is C14H19F2NO2. The average molecular weight is 271 g/mol. The molecule has 0 amide bonds. The zero-order valence-corrected chi connectivity index (χ0v) is 11.0. The van der Waals surface area contributed by atoms with Crippen LogP contribution in [0.1, 0.15) is 25.3 Å². The maximum absolute atomic E-state index is 12.0. The minimum absolute atomic E-state index is 0.0936. The number of nitrogens with one attached hydrogen (secondary N) is 1. The van der Waals surface area contributed by atoms with Crippen LogP contribution in [0.25, 0.3) is 0 Å². The first-order valence-corrected chi connectivity index (χ1v) is 6.44. The van der Waals surface area contributed by atoms with Gasteiger partial charge in [0.2, 0.25) is 0 Å². The first-order valence-electron chi connectivity index (χ1n) is 6.44. The number of rotatable bonds is 5. The van der Waals surface area contributed by atoms with Gasteiger partial charge in [-0.1, -0.05) is 12.1 Å². The molecule has 5 heteroatoms. The lowest BCUT2D eigenvalue weighted by Gasteiger charge is -2.34. The predicted octanol–water partition coefficient (Wildman–Crippen LogP) is 2.95. The van der Waals surface area contributed by atoms with E-state index in [9.17, 15) is 8.78 Å². The van der Waals surface area contributed by atoms with Gasteiger partial charge >= 0.3 is 6.61 Å². The Hall–Kier alpha value is -1.20. The third-order valence-electron chi connectivity index (χ3n) is 3.46. The van der Waals surface area contributed by atoms with Gasteiger partial charge in [-0.15, -0.1) is 0 Å². The van der Waals surface area contributed by atoms with Gasteiger partial charge in [-0.05, 0) is 37.5 Å². The van der Waals surface area contributed by atoms with Gasteiger partial charge in [-0.25, -0.2) is 0 Å². The summed E-state index contributed by atoms with van der Waals surface area (Å²) < 4.78 is 33.7. The molecule has 0 saturated carbocycles. The lowest BCUT2D eigenvalue weighted by Crippen LogP contribution is -2.46. The molecule has 1 fully saturated rings. The fourth-order valence-corrected chi connectivity index (χ4v) is 2.10. The first kappa shape index (κ1) is 14.2. The van der Waals surface area contributed by atoms with E-state index in [4.69, 9.17) is 4.74 Å².